The fourth-order valence-corrected chi connectivity index (χ4v) is 6.08. The topological polar surface area (TPSA) is 128 Å². The van der Waals surface area contributed by atoms with Gasteiger partial charge in [0.25, 0.3) is 0 Å². The number of halogens is 1. The molecule has 1 saturated carbocycles. The molecule has 2 fully saturated rings. The largest absolute Gasteiger partial charge is 0.449 e. The monoisotopic (exact) mass is 475 g/mol. The van der Waals surface area contributed by atoms with Gasteiger partial charge in [-0.2, -0.15) is 10.2 Å². The predicted molar refractivity (Wildman–Crippen MR) is 128 cm³/mol. The smallest absolute Gasteiger partial charge is 0.191 e. The van der Waals surface area contributed by atoms with Crippen LogP contribution in [0, 0.1) is 18.8 Å². The summed E-state index contributed by atoms with van der Waals surface area (Å²) >= 11 is 6.71. The number of aromatic nitrogens is 7. The third kappa shape index (κ3) is 2.57. The molecule has 3 atom stereocenters. The van der Waals surface area contributed by atoms with Crippen molar-refractivity contribution in [1.82, 2.24) is 34.9 Å². The van der Waals surface area contributed by atoms with E-state index in [2.05, 4.69) is 25.2 Å². The third-order valence-corrected chi connectivity index (χ3v) is 7.95. The zero-order valence-corrected chi connectivity index (χ0v) is 19.4. The van der Waals surface area contributed by atoms with Crippen LogP contribution in [0.1, 0.15) is 11.6 Å². The van der Waals surface area contributed by atoms with Crippen LogP contribution >= 0.6 is 11.6 Å². The molecule has 0 bridgehead atoms. The Labute approximate surface area is 199 Å². The number of aromatic amines is 1. The number of piperidine rings is 1. The number of anilines is 1. The van der Waals surface area contributed by atoms with E-state index < -0.39 is 0 Å². The molecule has 1 unspecified atom stereocenters. The number of H-pyrrole nitrogens is 1. The number of benzene rings is 1. The maximum atomic E-state index is 6.71. The second-order valence-electron chi connectivity index (χ2n) is 9.27. The highest BCUT2D eigenvalue weighted by atomic mass is 35.5. The minimum atomic E-state index is -0.0887. The van der Waals surface area contributed by atoms with Crippen LogP contribution in [0.3, 0.4) is 0 Å². The molecule has 3 N–H and O–H groups in total. The van der Waals surface area contributed by atoms with Gasteiger partial charge in [-0.25, -0.2) is 15.0 Å². The maximum Gasteiger partial charge on any atom is 0.191 e. The van der Waals surface area contributed by atoms with Crippen LogP contribution in [-0.2, 0) is 12.5 Å². The second kappa shape index (κ2) is 6.77. The number of fused-ring (bicyclic) bond motifs is 3. The van der Waals surface area contributed by atoms with Crippen LogP contribution in [0.2, 0.25) is 5.02 Å². The number of oxazole rings is 1. The predicted octanol–water partition coefficient (Wildman–Crippen LogP) is 2.82. The van der Waals surface area contributed by atoms with E-state index in [-0.39, 0.29) is 5.41 Å². The minimum absolute atomic E-state index is 0.0887. The van der Waals surface area contributed by atoms with Crippen LogP contribution in [0.4, 0.5) is 5.82 Å². The van der Waals surface area contributed by atoms with Crippen molar-refractivity contribution in [3.63, 3.8) is 0 Å². The van der Waals surface area contributed by atoms with Crippen LogP contribution in [-0.4, -0.2) is 54.6 Å². The average molecular weight is 476 g/mol. The number of hydrogen-bond donors (Lipinski definition) is 2. The Morgan fingerprint density at radius 2 is 2.09 bits per heavy atom. The zero-order valence-electron chi connectivity index (χ0n) is 18.7. The summed E-state index contributed by atoms with van der Waals surface area (Å²) in [7, 11) is 1.87. The van der Waals surface area contributed by atoms with Gasteiger partial charge < -0.3 is 15.1 Å². The molecule has 10 nitrogen and oxygen atoms in total. The molecule has 1 aliphatic heterocycles. The van der Waals surface area contributed by atoms with E-state index >= 15 is 0 Å². The Bertz CT molecular complexity index is 1570. The summed E-state index contributed by atoms with van der Waals surface area (Å²) in [6.45, 7) is 4.15. The Morgan fingerprint density at radius 1 is 1.26 bits per heavy atom. The van der Waals surface area contributed by atoms with Crippen molar-refractivity contribution in [2.45, 2.75) is 12.3 Å². The first-order valence-corrected chi connectivity index (χ1v) is 11.6. The highest BCUT2D eigenvalue weighted by Crippen LogP contribution is 2.63. The van der Waals surface area contributed by atoms with E-state index in [0.29, 0.717) is 46.2 Å². The van der Waals surface area contributed by atoms with Crippen molar-refractivity contribution < 1.29 is 4.42 Å². The molecule has 0 amide bonds. The summed E-state index contributed by atoms with van der Waals surface area (Å²) in [6, 6.07) is 3.87. The number of aryl methyl sites for hydroxylation is 2. The van der Waals surface area contributed by atoms with Crippen LogP contribution < -0.4 is 10.6 Å². The highest BCUT2D eigenvalue weighted by Gasteiger charge is 2.69. The fourth-order valence-electron chi connectivity index (χ4n) is 5.78. The zero-order chi connectivity index (χ0) is 23.2. The molecule has 5 heterocycles. The van der Waals surface area contributed by atoms with Crippen LogP contribution in [0.5, 0.6) is 0 Å². The van der Waals surface area contributed by atoms with Gasteiger partial charge in [0.1, 0.15) is 23.3 Å². The van der Waals surface area contributed by atoms with Gasteiger partial charge in [0.2, 0.25) is 0 Å². The fraction of sp³-hybridized carbons (Fsp3) is 0.348. The molecule has 172 valence electrons. The highest BCUT2D eigenvalue weighted by molar-refractivity contribution is 6.38. The van der Waals surface area contributed by atoms with Gasteiger partial charge in [0, 0.05) is 56.2 Å². The van der Waals surface area contributed by atoms with E-state index in [4.69, 9.17) is 31.7 Å². The van der Waals surface area contributed by atoms with Crippen molar-refractivity contribution >= 4 is 39.5 Å². The molecule has 0 radical (unpaired) electrons. The number of nitrogens with zero attached hydrogens (tertiary/aromatic N) is 7. The molecular weight excluding hydrogens is 454 g/mol. The SMILES string of the molecule is Cc1nc(C2(CN)[C@@H]3CN(c4cnc5c(-c6ccc7nn(C)cc7c6Cl)n[nH]c5n4)C[C@@H]32)co1. The van der Waals surface area contributed by atoms with Gasteiger partial charge in [0.15, 0.2) is 11.5 Å². The molecule has 0 spiro atoms. The summed E-state index contributed by atoms with van der Waals surface area (Å²) in [5.74, 6) is 2.37. The van der Waals surface area contributed by atoms with Gasteiger partial charge in [-0.05, 0) is 24.0 Å². The van der Waals surface area contributed by atoms with Crippen LogP contribution in [0.15, 0.2) is 35.2 Å². The van der Waals surface area contributed by atoms with Crippen molar-refractivity contribution in [1.29, 1.82) is 0 Å². The number of rotatable bonds is 4. The molecule has 1 aromatic carbocycles. The summed E-state index contributed by atoms with van der Waals surface area (Å²) in [5, 5.41) is 13.4. The Morgan fingerprint density at radius 3 is 2.82 bits per heavy atom. The maximum absolute atomic E-state index is 6.71. The third-order valence-electron chi connectivity index (χ3n) is 7.54. The quantitative estimate of drug-likeness (QED) is 0.406. The lowest BCUT2D eigenvalue weighted by atomic mass is 9.96. The average Bonchev–Trinajstić information content (AvgIpc) is 3.44. The van der Waals surface area contributed by atoms with E-state index in [1.54, 1.807) is 10.9 Å². The first-order chi connectivity index (χ1) is 16.5. The lowest BCUT2D eigenvalue weighted by Gasteiger charge is -2.25. The van der Waals surface area contributed by atoms with E-state index in [0.717, 1.165) is 41.1 Å². The molecular formula is C23H22ClN9O. The second-order valence-corrected chi connectivity index (χ2v) is 9.65. The summed E-state index contributed by atoms with van der Waals surface area (Å²) in [6.07, 6.45) is 5.48. The minimum Gasteiger partial charge on any atom is -0.449 e. The van der Waals surface area contributed by atoms with Crippen LogP contribution in [0.25, 0.3) is 33.3 Å². The molecule has 2 aliphatic rings. The summed E-state index contributed by atoms with van der Waals surface area (Å²) in [5.41, 5.74) is 10.7. The first kappa shape index (κ1) is 19.9. The van der Waals surface area contributed by atoms with E-state index in [1.165, 1.54) is 0 Å². The first-order valence-electron chi connectivity index (χ1n) is 11.2. The molecule has 5 aromatic rings. The van der Waals surface area contributed by atoms with Crippen molar-refractivity contribution in [3.05, 3.63) is 47.4 Å². The van der Waals surface area contributed by atoms with Crippen molar-refractivity contribution in [2.24, 2.45) is 24.6 Å². The lowest BCUT2D eigenvalue weighted by Crippen LogP contribution is -2.35. The number of nitrogens with two attached hydrogens (primary N) is 1. The molecule has 1 aliphatic carbocycles. The Balaban J connectivity index is 1.18. The standard InChI is InChI=1S/C23H22ClN9O/c1-11-27-17(9-34-11)23(10-25)14-7-33(8-15(14)23)18-5-26-21-20(29-30-22(21)28-18)12-3-4-16-13(19(12)24)6-32(2)31-16/h3-6,9,14-15H,7-8,10,25H2,1-2H3,(H,28,29,30)/t14-,15+,23?. The van der Waals surface area contributed by atoms with E-state index in [1.807, 2.05) is 38.5 Å². The normalized spacial score (nSPS) is 23.8. The number of hydrogen-bond acceptors (Lipinski definition) is 8. The molecule has 1 saturated heterocycles. The van der Waals surface area contributed by atoms with E-state index in [9.17, 15) is 0 Å². The Kier molecular flexibility index (Phi) is 3.97. The van der Waals surface area contributed by atoms with Crippen molar-refractivity contribution in [3.8, 4) is 11.3 Å². The number of nitrogens with one attached hydrogen (secondary N) is 1. The van der Waals surface area contributed by atoms with Gasteiger partial charge in [-0.15, -0.1) is 0 Å². The summed E-state index contributed by atoms with van der Waals surface area (Å²) in [4.78, 5) is 16.4. The van der Waals surface area contributed by atoms with Gasteiger partial charge >= 0.3 is 0 Å². The summed E-state index contributed by atoms with van der Waals surface area (Å²) < 4.78 is 7.21. The van der Waals surface area contributed by atoms with Gasteiger partial charge in [0.05, 0.1) is 22.4 Å². The van der Waals surface area contributed by atoms with Gasteiger partial charge in [-0.1, -0.05) is 11.6 Å². The molecule has 4 aromatic heterocycles. The van der Waals surface area contributed by atoms with Crippen molar-refractivity contribution in [2.75, 3.05) is 24.5 Å². The molecule has 34 heavy (non-hydrogen) atoms. The molecule has 11 heteroatoms. The van der Waals surface area contributed by atoms with Gasteiger partial charge in [-0.3, -0.25) is 9.78 Å². The lowest BCUT2D eigenvalue weighted by molar-refractivity contribution is 0.510. The molecule has 7 rings (SSSR count). The Hall–Kier alpha value is -3.50.